The molecule has 214 valence electrons. The number of allylic oxidation sites excluding steroid dienone is 9. The second-order valence-electron chi connectivity index (χ2n) is 13.6. The summed E-state index contributed by atoms with van der Waals surface area (Å²) in [5.74, 6) is 1.13. The second-order valence-corrected chi connectivity index (χ2v) is 13.6. The molecule has 9 rings (SSSR count). The maximum Gasteiger partial charge on any atom is 0.135 e. The van der Waals surface area contributed by atoms with Crippen molar-refractivity contribution in [1.29, 1.82) is 5.26 Å². The van der Waals surface area contributed by atoms with E-state index in [4.69, 9.17) is 4.74 Å². The van der Waals surface area contributed by atoms with Crippen molar-refractivity contribution >= 4 is 27.4 Å². The average Bonchev–Trinajstić information content (AvgIpc) is 3.67. The van der Waals surface area contributed by atoms with Crippen LogP contribution in [0.4, 0.5) is 0 Å². The third kappa shape index (κ3) is 3.26. The average molecular weight is 571 g/mol. The summed E-state index contributed by atoms with van der Waals surface area (Å²) >= 11 is 0. The Morgan fingerprint density at radius 2 is 1.68 bits per heavy atom. The molecule has 4 aliphatic carbocycles. The highest BCUT2D eigenvalue weighted by Gasteiger charge is 2.48. The molecule has 4 aromatic rings. The number of hydrogen-bond acceptors (Lipinski definition) is 2. The summed E-state index contributed by atoms with van der Waals surface area (Å²) in [7, 11) is 0. The lowest BCUT2D eigenvalue weighted by Crippen LogP contribution is -2.29. The topological polar surface area (TPSA) is 37.9 Å². The predicted molar refractivity (Wildman–Crippen MR) is 178 cm³/mol. The van der Waals surface area contributed by atoms with Crippen LogP contribution in [0.15, 0.2) is 132 Å². The van der Waals surface area contributed by atoms with Gasteiger partial charge in [0.25, 0.3) is 0 Å². The van der Waals surface area contributed by atoms with Crippen molar-refractivity contribution < 1.29 is 4.74 Å². The second kappa shape index (κ2) is 8.87. The molecule has 5 aliphatic rings. The summed E-state index contributed by atoms with van der Waals surface area (Å²) in [5.41, 5.74) is 10.9. The smallest absolute Gasteiger partial charge is 0.135 e. The molecule has 1 aromatic heterocycles. The zero-order chi connectivity index (χ0) is 29.8. The van der Waals surface area contributed by atoms with E-state index in [2.05, 4.69) is 141 Å². The van der Waals surface area contributed by atoms with Crippen LogP contribution in [0, 0.1) is 22.2 Å². The van der Waals surface area contributed by atoms with Crippen LogP contribution in [0.3, 0.4) is 0 Å². The predicted octanol–water partition coefficient (Wildman–Crippen LogP) is 9.92. The fourth-order valence-corrected chi connectivity index (χ4v) is 8.77. The van der Waals surface area contributed by atoms with Crippen LogP contribution in [0.2, 0.25) is 0 Å². The number of nitrogens with zero attached hydrogens (tertiary/aromatic N) is 2. The van der Waals surface area contributed by atoms with Crippen LogP contribution < -0.4 is 4.74 Å². The molecule has 2 heterocycles. The molecule has 0 radical (unpaired) electrons. The van der Waals surface area contributed by atoms with Crippen molar-refractivity contribution in [2.24, 2.45) is 10.8 Å². The number of aromatic nitrogens is 1. The first-order chi connectivity index (χ1) is 21.4. The van der Waals surface area contributed by atoms with Crippen LogP contribution in [0.25, 0.3) is 27.4 Å². The lowest BCUT2D eigenvalue weighted by molar-refractivity contribution is 0.256. The summed E-state index contributed by atoms with van der Waals surface area (Å²) in [6.07, 6.45) is 18.0. The van der Waals surface area contributed by atoms with E-state index >= 15 is 0 Å². The number of hydrogen-bond donors (Lipinski definition) is 0. The minimum Gasteiger partial charge on any atom is -0.484 e. The zero-order valence-corrected chi connectivity index (χ0v) is 25.3. The molecule has 0 bridgehead atoms. The van der Waals surface area contributed by atoms with E-state index in [9.17, 15) is 5.26 Å². The number of ether oxygens (including phenoxy) is 1. The highest BCUT2D eigenvalue weighted by Crippen LogP contribution is 2.58. The van der Waals surface area contributed by atoms with E-state index in [1.807, 2.05) is 0 Å². The van der Waals surface area contributed by atoms with Crippen molar-refractivity contribution in [2.75, 3.05) is 0 Å². The number of nitriles is 1. The molecular formula is C41H34N2O. The molecule has 44 heavy (non-hydrogen) atoms. The molecule has 0 saturated carbocycles. The quantitative estimate of drug-likeness (QED) is 0.241. The Labute approximate surface area is 258 Å². The monoisotopic (exact) mass is 570 g/mol. The largest absolute Gasteiger partial charge is 0.484 e. The van der Waals surface area contributed by atoms with Crippen LogP contribution in [-0.4, -0.2) is 10.7 Å². The number of para-hydroxylation sites is 2. The molecule has 4 atom stereocenters. The highest BCUT2D eigenvalue weighted by molar-refractivity contribution is 6.08. The zero-order valence-electron chi connectivity index (χ0n) is 25.3. The summed E-state index contributed by atoms with van der Waals surface area (Å²) in [4.78, 5) is 0. The summed E-state index contributed by atoms with van der Waals surface area (Å²) in [5, 5.41) is 13.1. The Balaban J connectivity index is 1.18. The van der Waals surface area contributed by atoms with E-state index in [-0.39, 0.29) is 23.5 Å². The van der Waals surface area contributed by atoms with Gasteiger partial charge in [-0.1, -0.05) is 104 Å². The maximum absolute atomic E-state index is 10.7. The van der Waals surface area contributed by atoms with Gasteiger partial charge in [0.15, 0.2) is 0 Å². The standard InChI is InChI=1S/C41H34N2O/c1-40(2)32-15-7-4-13-30(32)37-33(40)20-19-29-31-23-25(18-21-36(31)44-38(29)37)26-14-10-22-41(3,24-42)39(26)43-34-16-8-5-11-27(34)28-12-6-9-17-35(28)43/h4-6,8-14,16-23,29,38-39H,7,15H2,1-3H3. The molecule has 4 unspecified atom stereocenters. The van der Waals surface area contributed by atoms with Crippen LogP contribution in [-0.2, 0) is 0 Å². The molecule has 1 aliphatic heterocycles. The van der Waals surface area contributed by atoms with Gasteiger partial charge in [-0.25, -0.2) is 0 Å². The summed E-state index contributed by atoms with van der Waals surface area (Å²) in [6.45, 7) is 6.82. The molecule has 0 fully saturated rings. The molecule has 0 amide bonds. The molecule has 3 nitrogen and oxygen atoms in total. The first-order valence-electron chi connectivity index (χ1n) is 15.8. The van der Waals surface area contributed by atoms with Gasteiger partial charge in [0.2, 0.25) is 0 Å². The molecular weight excluding hydrogens is 536 g/mol. The third-order valence-electron chi connectivity index (χ3n) is 10.9. The van der Waals surface area contributed by atoms with Crippen molar-refractivity contribution in [2.45, 2.75) is 51.7 Å². The van der Waals surface area contributed by atoms with Crippen molar-refractivity contribution in [3.8, 4) is 11.8 Å². The van der Waals surface area contributed by atoms with Gasteiger partial charge in [-0.3, -0.25) is 0 Å². The Bertz CT molecular complexity index is 2120. The van der Waals surface area contributed by atoms with Crippen LogP contribution in [0.1, 0.15) is 56.7 Å². The lowest BCUT2D eigenvalue weighted by atomic mass is 9.73. The van der Waals surface area contributed by atoms with Crippen molar-refractivity contribution in [3.63, 3.8) is 0 Å². The number of fused-ring (bicyclic) bond motifs is 8. The molecule has 3 aromatic carbocycles. The van der Waals surface area contributed by atoms with Gasteiger partial charge >= 0.3 is 0 Å². The Hall–Kier alpha value is -4.81. The molecule has 3 heteroatoms. The number of benzene rings is 3. The van der Waals surface area contributed by atoms with E-state index < -0.39 is 5.41 Å². The Kier molecular flexibility index (Phi) is 5.17. The van der Waals surface area contributed by atoms with Crippen LogP contribution >= 0.6 is 0 Å². The minimum absolute atomic E-state index is 0.00693. The first kappa shape index (κ1) is 25.7. The van der Waals surface area contributed by atoms with Crippen LogP contribution in [0.5, 0.6) is 5.75 Å². The molecule has 0 saturated heterocycles. The lowest BCUT2D eigenvalue weighted by Gasteiger charge is -2.36. The van der Waals surface area contributed by atoms with E-state index in [1.54, 1.807) is 5.57 Å². The van der Waals surface area contributed by atoms with Crippen molar-refractivity contribution in [1.82, 2.24) is 4.57 Å². The van der Waals surface area contributed by atoms with E-state index in [0.717, 1.165) is 40.8 Å². The summed E-state index contributed by atoms with van der Waals surface area (Å²) < 4.78 is 9.22. The van der Waals surface area contributed by atoms with Gasteiger partial charge in [-0.05, 0) is 66.3 Å². The number of rotatable bonds is 2. The van der Waals surface area contributed by atoms with E-state index in [0.29, 0.717) is 0 Å². The summed E-state index contributed by atoms with van der Waals surface area (Å²) in [6, 6.07) is 26.4. The van der Waals surface area contributed by atoms with Gasteiger partial charge < -0.3 is 9.30 Å². The van der Waals surface area contributed by atoms with E-state index in [1.165, 1.54) is 33.1 Å². The maximum atomic E-state index is 10.7. The van der Waals surface area contributed by atoms with Gasteiger partial charge in [0.1, 0.15) is 11.9 Å². The van der Waals surface area contributed by atoms with Gasteiger partial charge in [0.05, 0.1) is 17.5 Å². The fourth-order valence-electron chi connectivity index (χ4n) is 8.77. The normalized spacial score (nSPS) is 27.6. The molecule has 0 spiro atoms. The minimum atomic E-state index is -0.733. The van der Waals surface area contributed by atoms with Gasteiger partial charge in [0, 0.05) is 44.3 Å². The Morgan fingerprint density at radius 1 is 0.932 bits per heavy atom. The van der Waals surface area contributed by atoms with Gasteiger partial charge in [-0.15, -0.1) is 0 Å². The Morgan fingerprint density at radius 3 is 2.43 bits per heavy atom. The highest BCUT2D eigenvalue weighted by atomic mass is 16.5. The first-order valence-corrected chi connectivity index (χ1v) is 15.8. The van der Waals surface area contributed by atoms with Crippen molar-refractivity contribution in [3.05, 3.63) is 143 Å². The molecule has 0 N–H and O–H groups in total. The fraction of sp³-hybridized carbons (Fsp3) is 0.244. The van der Waals surface area contributed by atoms with Gasteiger partial charge in [-0.2, -0.15) is 5.26 Å². The third-order valence-corrected chi connectivity index (χ3v) is 10.9. The SMILES string of the molecule is CC1(C)C2=C(C3=C1CCC=C3)C1Oc3ccc(C4=CC=CC(C)(C#N)C4n4c5ccccc5c5ccccc54)cc3C1C=C2.